The maximum Gasteiger partial charge on any atom is 0.306 e. The molecule has 4 aliphatic rings. The normalized spacial score (nSPS) is 42.2. The van der Waals surface area contributed by atoms with Gasteiger partial charge in [-0.1, -0.05) is 32.4 Å². The minimum absolute atomic E-state index is 0.0201. The number of hydrogen-bond donors (Lipinski definition) is 2. The molecule has 0 aromatic rings. The van der Waals surface area contributed by atoms with Crippen LogP contribution in [0.5, 0.6) is 0 Å². The average Bonchev–Trinajstić information content (AvgIpc) is 3.04. The Morgan fingerprint density at radius 1 is 1.30 bits per heavy atom. The Labute approximate surface area is 220 Å². The van der Waals surface area contributed by atoms with E-state index in [2.05, 4.69) is 4.84 Å². The number of aliphatic hydroxyl groups is 2. The second-order valence-corrected chi connectivity index (χ2v) is 12.0. The van der Waals surface area contributed by atoms with E-state index in [4.69, 9.17) is 16.3 Å². The fourth-order valence-corrected chi connectivity index (χ4v) is 8.63. The van der Waals surface area contributed by atoms with Crippen molar-refractivity contribution >= 4 is 29.1 Å². The molecule has 37 heavy (non-hydrogen) atoms. The lowest BCUT2D eigenvalue weighted by Gasteiger charge is -2.64. The molecule has 0 saturated heterocycles. The van der Waals surface area contributed by atoms with E-state index in [9.17, 15) is 34.7 Å². The lowest BCUT2D eigenvalue weighted by molar-refractivity contribution is -0.757. The standard InChI is InChI=1S/C26H34ClNO9/c1-15-11-19-18-7-6-16-12-17(30)8-9-23(16,2)25(18,27)20(31)13-24(19,3)26(15,21(32)14-29)37-22(33)5-4-10-36-28(34)35/h8-9,12,15,18-20,29,31H,4-7,10-11,13-14H2,1-3H3/t15-,18?,19?,20-,23-,24-,25-,26-/m0/s1. The van der Waals surface area contributed by atoms with Crippen molar-refractivity contribution < 1.29 is 39.3 Å². The summed E-state index contributed by atoms with van der Waals surface area (Å²) in [6.45, 7) is 4.43. The molecule has 2 unspecified atom stereocenters. The molecule has 0 spiro atoms. The van der Waals surface area contributed by atoms with Crippen LogP contribution in [0, 0.1) is 38.7 Å². The molecule has 0 aliphatic heterocycles. The molecule has 11 heteroatoms. The minimum atomic E-state index is -1.69. The molecular formula is C26H34ClNO9. The number of carbonyl (C=O) groups is 3. The van der Waals surface area contributed by atoms with Gasteiger partial charge in [0.05, 0.1) is 17.6 Å². The first-order valence-electron chi connectivity index (χ1n) is 12.7. The van der Waals surface area contributed by atoms with E-state index in [0.717, 1.165) is 5.57 Å². The van der Waals surface area contributed by atoms with E-state index in [1.54, 1.807) is 19.1 Å². The van der Waals surface area contributed by atoms with E-state index in [1.807, 2.05) is 13.8 Å². The third kappa shape index (κ3) is 3.86. The van der Waals surface area contributed by atoms with Gasteiger partial charge in [-0.2, -0.15) is 0 Å². The lowest BCUT2D eigenvalue weighted by atomic mass is 9.45. The molecule has 2 N–H and O–H groups in total. The second kappa shape index (κ2) is 9.47. The Bertz CT molecular complexity index is 1070. The van der Waals surface area contributed by atoms with E-state index in [-0.39, 0.29) is 43.5 Å². The molecule has 8 atom stereocenters. The van der Waals surface area contributed by atoms with Crippen molar-refractivity contribution in [2.24, 2.45) is 28.6 Å². The zero-order valence-corrected chi connectivity index (χ0v) is 22.0. The van der Waals surface area contributed by atoms with E-state index < -0.39 is 56.8 Å². The zero-order valence-electron chi connectivity index (χ0n) is 21.3. The monoisotopic (exact) mass is 539 g/mol. The highest BCUT2D eigenvalue weighted by Gasteiger charge is 2.76. The Morgan fingerprint density at radius 2 is 2.00 bits per heavy atom. The highest BCUT2D eigenvalue weighted by Crippen LogP contribution is 2.72. The summed E-state index contributed by atoms with van der Waals surface area (Å²) in [5, 5.41) is 31.1. The number of ether oxygens (including phenoxy) is 1. The number of Topliss-reactive ketones (excluding diaryl/α,β-unsaturated/α-hetero) is 1. The topological polar surface area (TPSA) is 153 Å². The summed E-state index contributed by atoms with van der Waals surface area (Å²) in [6, 6.07) is 0. The molecule has 0 amide bonds. The van der Waals surface area contributed by atoms with Crippen molar-refractivity contribution in [1.82, 2.24) is 0 Å². The molecule has 3 fully saturated rings. The molecule has 0 aromatic carbocycles. The fourth-order valence-electron chi connectivity index (χ4n) is 8.10. The summed E-state index contributed by atoms with van der Waals surface area (Å²) in [4.78, 5) is 51.9. The van der Waals surface area contributed by atoms with Crippen LogP contribution >= 0.6 is 11.6 Å². The fraction of sp³-hybridized carbons (Fsp3) is 0.731. The Hall–Kier alpha value is -2.30. The number of nitrogens with zero attached hydrogens (tertiary/aromatic N) is 1. The average molecular weight is 540 g/mol. The summed E-state index contributed by atoms with van der Waals surface area (Å²) in [6.07, 6.45) is 5.31. The maximum atomic E-state index is 13.4. The minimum Gasteiger partial charge on any atom is -0.450 e. The van der Waals surface area contributed by atoms with Gasteiger partial charge in [0.2, 0.25) is 5.78 Å². The van der Waals surface area contributed by atoms with Gasteiger partial charge in [0.1, 0.15) is 6.61 Å². The number of esters is 1. The van der Waals surface area contributed by atoms with Gasteiger partial charge in [0.25, 0.3) is 5.09 Å². The summed E-state index contributed by atoms with van der Waals surface area (Å²) < 4.78 is 5.95. The predicted molar refractivity (Wildman–Crippen MR) is 131 cm³/mol. The van der Waals surface area contributed by atoms with Gasteiger partial charge < -0.3 is 19.8 Å². The number of alkyl halides is 1. The number of hydrogen-bond acceptors (Lipinski definition) is 9. The van der Waals surface area contributed by atoms with Crippen LogP contribution in [0.2, 0.25) is 0 Å². The largest absolute Gasteiger partial charge is 0.450 e. The smallest absolute Gasteiger partial charge is 0.306 e. The number of aliphatic hydroxyl groups excluding tert-OH is 2. The van der Waals surface area contributed by atoms with Crippen LogP contribution in [0.15, 0.2) is 23.8 Å². The quantitative estimate of drug-likeness (QED) is 0.156. The Morgan fingerprint density at radius 3 is 2.65 bits per heavy atom. The van der Waals surface area contributed by atoms with E-state index in [0.29, 0.717) is 19.3 Å². The van der Waals surface area contributed by atoms with E-state index in [1.165, 1.54) is 6.08 Å². The summed E-state index contributed by atoms with van der Waals surface area (Å²) in [5.41, 5.74) is -2.61. The Balaban J connectivity index is 1.70. The number of ketones is 2. The van der Waals surface area contributed by atoms with Gasteiger partial charge in [-0.15, -0.1) is 21.7 Å². The Kier molecular flexibility index (Phi) is 7.09. The zero-order chi connectivity index (χ0) is 27.4. The summed E-state index contributed by atoms with van der Waals surface area (Å²) in [5.74, 6) is -2.42. The van der Waals surface area contributed by atoms with Gasteiger partial charge in [0, 0.05) is 23.2 Å². The van der Waals surface area contributed by atoms with Gasteiger partial charge in [-0.25, -0.2) is 0 Å². The molecule has 0 bridgehead atoms. The molecule has 0 aromatic heterocycles. The van der Waals surface area contributed by atoms with Crippen molar-refractivity contribution in [2.75, 3.05) is 13.2 Å². The van der Waals surface area contributed by atoms with Gasteiger partial charge in [-0.3, -0.25) is 14.4 Å². The van der Waals surface area contributed by atoms with Crippen molar-refractivity contribution in [2.45, 2.75) is 75.9 Å². The van der Waals surface area contributed by atoms with Crippen LogP contribution in [0.3, 0.4) is 0 Å². The van der Waals surface area contributed by atoms with Crippen molar-refractivity contribution in [1.29, 1.82) is 0 Å². The van der Waals surface area contributed by atoms with Crippen LogP contribution in [-0.2, 0) is 24.0 Å². The first kappa shape index (κ1) is 27.7. The molecule has 0 heterocycles. The lowest BCUT2D eigenvalue weighted by Crippen LogP contribution is -2.69. The summed E-state index contributed by atoms with van der Waals surface area (Å²) >= 11 is 7.42. The van der Waals surface area contributed by atoms with Crippen LogP contribution in [0.1, 0.15) is 59.3 Å². The molecular weight excluding hydrogens is 506 g/mol. The number of rotatable bonds is 8. The van der Waals surface area contributed by atoms with Crippen LogP contribution in [0.4, 0.5) is 0 Å². The number of allylic oxidation sites excluding steroid dienone is 4. The van der Waals surface area contributed by atoms with Crippen LogP contribution in [0.25, 0.3) is 0 Å². The molecule has 204 valence electrons. The van der Waals surface area contributed by atoms with Crippen LogP contribution in [-0.4, -0.2) is 62.6 Å². The van der Waals surface area contributed by atoms with Gasteiger partial charge in [-0.05, 0) is 56.1 Å². The van der Waals surface area contributed by atoms with Crippen LogP contribution < -0.4 is 0 Å². The summed E-state index contributed by atoms with van der Waals surface area (Å²) in [7, 11) is 0. The highest BCUT2D eigenvalue weighted by molar-refractivity contribution is 6.26. The number of carbonyl (C=O) groups excluding carboxylic acids is 3. The third-order valence-electron chi connectivity index (χ3n) is 9.74. The highest BCUT2D eigenvalue weighted by atomic mass is 35.5. The molecule has 4 rings (SSSR count). The van der Waals surface area contributed by atoms with E-state index >= 15 is 0 Å². The third-order valence-corrected chi connectivity index (χ3v) is 10.7. The predicted octanol–water partition coefficient (Wildman–Crippen LogP) is 2.70. The first-order chi connectivity index (χ1) is 17.3. The van der Waals surface area contributed by atoms with Crippen molar-refractivity contribution in [3.63, 3.8) is 0 Å². The number of fused-ring (bicyclic) bond motifs is 5. The molecule has 10 nitrogen and oxygen atoms in total. The molecule has 0 radical (unpaired) electrons. The number of halogens is 1. The molecule has 3 saturated carbocycles. The van der Waals surface area contributed by atoms with Crippen molar-refractivity contribution in [3.05, 3.63) is 33.9 Å². The van der Waals surface area contributed by atoms with Crippen molar-refractivity contribution in [3.8, 4) is 0 Å². The van der Waals surface area contributed by atoms with Gasteiger partial charge >= 0.3 is 5.97 Å². The maximum absolute atomic E-state index is 13.4. The molecule has 4 aliphatic carbocycles. The first-order valence-corrected chi connectivity index (χ1v) is 13.1. The second-order valence-electron chi connectivity index (χ2n) is 11.4. The van der Waals surface area contributed by atoms with Gasteiger partial charge in [0.15, 0.2) is 11.4 Å². The SMILES string of the molecule is C[C@H]1CC2C3CCC4=CC(=O)C=C[C@]4(C)[C@@]3(Cl)[C@@H](O)C[C@]2(C)[C@@]1(OC(=O)CCCO[N+](=O)[O-])C(=O)CO.